The molecule has 0 N–H and O–H groups in total. The first-order valence-electron chi connectivity index (χ1n) is 7.02. The molecule has 2 aromatic rings. The van der Waals surface area contributed by atoms with Crippen LogP contribution in [0.25, 0.3) is 11.0 Å². The highest BCUT2D eigenvalue weighted by molar-refractivity contribution is 5.83. The van der Waals surface area contributed by atoms with E-state index < -0.39 is 0 Å². The molecule has 1 heterocycles. The van der Waals surface area contributed by atoms with Crippen LogP contribution in [0.1, 0.15) is 57.9 Å². The maximum absolute atomic E-state index is 6.04. The summed E-state index contributed by atoms with van der Waals surface area (Å²) >= 11 is 0. The minimum atomic E-state index is 0.179. The molecule has 0 unspecified atom stereocenters. The van der Waals surface area contributed by atoms with Crippen LogP contribution in [0.5, 0.6) is 0 Å². The van der Waals surface area contributed by atoms with Crippen LogP contribution in [0, 0.1) is 0 Å². The summed E-state index contributed by atoms with van der Waals surface area (Å²) in [7, 11) is 0. The molecule has 0 saturated heterocycles. The molecular weight excluding hydrogens is 220 g/mol. The van der Waals surface area contributed by atoms with Crippen molar-refractivity contribution in [2.75, 3.05) is 0 Å². The molecule has 0 saturated carbocycles. The summed E-state index contributed by atoms with van der Waals surface area (Å²) in [6, 6.07) is 6.70. The van der Waals surface area contributed by atoms with Gasteiger partial charge in [0.05, 0.1) is 0 Å². The van der Waals surface area contributed by atoms with Crippen molar-refractivity contribution in [2.24, 2.45) is 0 Å². The van der Waals surface area contributed by atoms with Crippen molar-refractivity contribution >= 4 is 11.0 Å². The van der Waals surface area contributed by atoms with Crippen LogP contribution in [0.4, 0.5) is 0 Å². The molecule has 0 aliphatic rings. The van der Waals surface area contributed by atoms with Crippen molar-refractivity contribution < 1.29 is 4.42 Å². The highest BCUT2D eigenvalue weighted by Crippen LogP contribution is 2.31. The Hall–Kier alpha value is -1.24. The summed E-state index contributed by atoms with van der Waals surface area (Å²) < 4.78 is 6.04. The van der Waals surface area contributed by atoms with Crippen LogP contribution in [-0.2, 0) is 18.3 Å². The Morgan fingerprint density at radius 1 is 1.11 bits per heavy atom. The predicted octanol–water partition coefficient (Wildman–Crippen LogP) is 5.25. The van der Waals surface area contributed by atoms with Gasteiger partial charge in [0.2, 0.25) is 0 Å². The topological polar surface area (TPSA) is 13.1 Å². The SMILES string of the molecule is CCCc1c(CC)oc2cc(C(C)(C)C)ccc12. The molecule has 1 nitrogen and oxygen atoms in total. The fourth-order valence-electron chi connectivity index (χ4n) is 2.48. The normalized spacial score (nSPS) is 12.3. The van der Waals surface area contributed by atoms with Crippen LogP contribution in [0.2, 0.25) is 0 Å². The Bertz CT molecular complexity index is 540. The van der Waals surface area contributed by atoms with Gasteiger partial charge in [0.25, 0.3) is 0 Å². The molecule has 98 valence electrons. The molecule has 0 bridgehead atoms. The van der Waals surface area contributed by atoms with Crippen LogP contribution >= 0.6 is 0 Å². The monoisotopic (exact) mass is 244 g/mol. The zero-order chi connectivity index (χ0) is 13.3. The van der Waals surface area contributed by atoms with Crippen LogP contribution in [-0.4, -0.2) is 0 Å². The molecule has 0 spiro atoms. The van der Waals surface area contributed by atoms with Crippen LogP contribution in [0.15, 0.2) is 22.6 Å². The molecule has 0 aliphatic heterocycles. The van der Waals surface area contributed by atoms with E-state index in [4.69, 9.17) is 4.42 Å². The van der Waals surface area contributed by atoms with Gasteiger partial charge >= 0.3 is 0 Å². The zero-order valence-electron chi connectivity index (χ0n) is 12.3. The first kappa shape index (κ1) is 13.2. The van der Waals surface area contributed by atoms with E-state index in [0.717, 1.165) is 24.2 Å². The Labute approximate surface area is 110 Å². The van der Waals surface area contributed by atoms with Gasteiger partial charge < -0.3 is 4.42 Å². The predicted molar refractivity (Wildman–Crippen MR) is 78.3 cm³/mol. The van der Waals surface area contributed by atoms with Crippen molar-refractivity contribution in [1.82, 2.24) is 0 Å². The fourth-order valence-corrected chi connectivity index (χ4v) is 2.48. The third-order valence-corrected chi connectivity index (χ3v) is 3.56. The van der Waals surface area contributed by atoms with Crippen molar-refractivity contribution in [3.63, 3.8) is 0 Å². The Kier molecular flexibility index (Phi) is 3.52. The number of hydrogen-bond donors (Lipinski definition) is 0. The molecule has 0 radical (unpaired) electrons. The lowest BCUT2D eigenvalue weighted by Crippen LogP contribution is -2.10. The number of benzene rings is 1. The molecule has 0 amide bonds. The van der Waals surface area contributed by atoms with Crippen molar-refractivity contribution in [1.29, 1.82) is 0 Å². The molecule has 1 aromatic heterocycles. The van der Waals surface area contributed by atoms with E-state index in [-0.39, 0.29) is 5.41 Å². The maximum atomic E-state index is 6.04. The van der Waals surface area contributed by atoms with Gasteiger partial charge in [0.15, 0.2) is 0 Å². The molecule has 0 fully saturated rings. The number of hydrogen-bond acceptors (Lipinski definition) is 1. The van der Waals surface area contributed by atoms with E-state index in [9.17, 15) is 0 Å². The highest BCUT2D eigenvalue weighted by atomic mass is 16.3. The van der Waals surface area contributed by atoms with Crippen molar-refractivity contribution in [3.05, 3.63) is 35.1 Å². The summed E-state index contributed by atoms with van der Waals surface area (Å²) in [4.78, 5) is 0. The van der Waals surface area contributed by atoms with Gasteiger partial charge in [0.1, 0.15) is 11.3 Å². The number of rotatable bonds is 3. The average molecular weight is 244 g/mol. The second-order valence-corrected chi connectivity index (χ2v) is 6.07. The van der Waals surface area contributed by atoms with E-state index >= 15 is 0 Å². The molecule has 2 rings (SSSR count). The molecule has 1 heteroatoms. The van der Waals surface area contributed by atoms with E-state index in [0.29, 0.717) is 0 Å². The van der Waals surface area contributed by atoms with E-state index in [1.165, 1.54) is 22.9 Å². The largest absolute Gasteiger partial charge is 0.461 e. The average Bonchev–Trinajstić information content (AvgIpc) is 2.66. The van der Waals surface area contributed by atoms with Crippen molar-refractivity contribution in [2.45, 2.75) is 59.3 Å². The summed E-state index contributed by atoms with van der Waals surface area (Å²) in [5.41, 5.74) is 3.99. The van der Waals surface area contributed by atoms with Gasteiger partial charge in [-0.25, -0.2) is 0 Å². The summed E-state index contributed by atoms with van der Waals surface area (Å²) in [5.74, 6) is 1.16. The third kappa shape index (κ3) is 2.31. The highest BCUT2D eigenvalue weighted by Gasteiger charge is 2.17. The van der Waals surface area contributed by atoms with Gasteiger partial charge in [-0.3, -0.25) is 0 Å². The van der Waals surface area contributed by atoms with Crippen molar-refractivity contribution in [3.8, 4) is 0 Å². The fraction of sp³-hybridized carbons (Fsp3) is 0.529. The lowest BCUT2D eigenvalue weighted by atomic mass is 9.86. The summed E-state index contributed by atoms with van der Waals surface area (Å²) in [6.07, 6.45) is 3.27. The Morgan fingerprint density at radius 2 is 1.83 bits per heavy atom. The number of furan rings is 1. The van der Waals surface area contributed by atoms with E-state index in [1.54, 1.807) is 0 Å². The lowest BCUT2D eigenvalue weighted by Gasteiger charge is -2.18. The summed E-state index contributed by atoms with van der Waals surface area (Å²) in [5, 5.41) is 1.31. The lowest BCUT2D eigenvalue weighted by molar-refractivity contribution is 0.545. The Balaban J connectivity index is 2.59. The van der Waals surface area contributed by atoms with Crippen LogP contribution < -0.4 is 0 Å². The van der Waals surface area contributed by atoms with Crippen LogP contribution in [0.3, 0.4) is 0 Å². The minimum absolute atomic E-state index is 0.179. The second-order valence-electron chi connectivity index (χ2n) is 6.07. The van der Waals surface area contributed by atoms with Gasteiger partial charge in [-0.1, -0.05) is 53.2 Å². The van der Waals surface area contributed by atoms with Gasteiger partial charge in [0, 0.05) is 17.4 Å². The molecule has 18 heavy (non-hydrogen) atoms. The number of fused-ring (bicyclic) bond motifs is 1. The molecular formula is C17H24O. The van der Waals surface area contributed by atoms with Gasteiger partial charge in [-0.15, -0.1) is 0 Å². The van der Waals surface area contributed by atoms with Gasteiger partial charge in [-0.05, 0) is 23.5 Å². The number of aryl methyl sites for hydroxylation is 2. The first-order valence-corrected chi connectivity index (χ1v) is 7.02. The Morgan fingerprint density at radius 3 is 2.39 bits per heavy atom. The molecule has 0 aliphatic carbocycles. The summed E-state index contributed by atoms with van der Waals surface area (Å²) in [6.45, 7) is 11.1. The van der Waals surface area contributed by atoms with E-state index in [2.05, 4.69) is 52.8 Å². The smallest absolute Gasteiger partial charge is 0.134 e. The second kappa shape index (κ2) is 4.79. The molecule has 0 atom stereocenters. The quantitative estimate of drug-likeness (QED) is 0.719. The first-order chi connectivity index (χ1) is 8.47. The molecule has 1 aromatic carbocycles. The minimum Gasteiger partial charge on any atom is -0.461 e. The zero-order valence-corrected chi connectivity index (χ0v) is 12.3. The van der Waals surface area contributed by atoms with E-state index in [1.807, 2.05) is 0 Å². The van der Waals surface area contributed by atoms with Gasteiger partial charge in [-0.2, -0.15) is 0 Å². The third-order valence-electron chi connectivity index (χ3n) is 3.56. The maximum Gasteiger partial charge on any atom is 0.134 e. The standard InChI is InChI=1S/C17H24O/c1-6-8-13-14-10-9-12(17(3,4)5)11-16(14)18-15(13)7-2/h9-11H,6-8H2,1-5H3.